The molecule has 1 aliphatic heterocycles. The minimum absolute atomic E-state index is 0.195. The molecule has 3 unspecified atom stereocenters. The van der Waals surface area contributed by atoms with Gasteiger partial charge in [-0.05, 0) is 30.6 Å². The van der Waals surface area contributed by atoms with Crippen molar-refractivity contribution in [2.75, 3.05) is 13.1 Å². The largest absolute Gasteiger partial charge is 0.480 e. The van der Waals surface area contributed by atoms with Crippen LogP contribution in [-0.4, -0.2) is 35.1 Å². The van der Waals surface area contributed by atoms with Crippen LogP contribution in [0.25, 0.3) is 0 Å². The molecule has 1 N–H and O–H groups in total. The number of rotatable bonds is 3. The van der Waals surface area contributed by atoms with Gasteiger partial charge in [0.1, 0.15) is 6.04 Å². The van der Waals surface area contributed by atoms with Gasteiger partial charge in [-0.15, -0.1) is 0 Å². The van der Waals surface area contributed by atoms with Gasteiger partial charge in [0, 0.05) is 13.1 Å². The molecule has 2 rings (SSSR count). The summed E-state index contributed by atoms with van der Waals surface area (Å²) in [6, 6.07) is -0.195. The highest BCUT2D eigenvalue weighted by Gasteiger charge is 2.47. The van der Waals surface area contributed by atoms with Gasteiger partial charge in [-0.2, -0.15) is 0 Å². The van der Waals surface area contributed by atoms with Crippen LogP contribution in [0.3, 0.4) is 0 Å². The fourth-order valence-electron chi connectivity index (χ4n) is 3.39. The van der Waals surface area contributed by atoms with Gasteiger partial charge in [0.2, 0.25) is 0 Å². The third-order valence-electron chi connectivity index (χ3n) is 3.84. The van der Waals surface area contributed by atoms with E-state index in [9.17, 15) is 9.90 Å². The van der Waals surface area contributed by atoms with Crippen molar-refractivity contribution in [1.29, 1.82) is 0 Å². The summed E-state index contributed by atoms with van der Waals surface area (Å²) in [5.74, 6) is 1.04. The van der Waals surface area contributed by atoms with Gasteiger partial charge in [-0.3, -0.25) is 9.69 Å². The molecule has 15 heavy (non-hydrogen) atoms. The average Bonchev–Trinajstić information content (AvgIpc) is 2.60. The second-order valence-corrected chi connectivity index (χ2v) is 5.49. The number of carboxylic acid groups (broad SMARTS) is 1. The van der Waals surface area contributed by atoms with Crippen molar-refractivity contribution < 1.29 is 9.90 Å². The molecule has 86 valence electrons. The number of carboxylic acids is 1. The Hall–Kier alpha value is -0.570. The van der Waals surface area contributed by atoms with E-state index >= 15 is 0 Å². The highest BCUT2D eigenvalue weighted by molar-refractivity contribution is 5.74. The Morgan fingerprint density at radius 1 is 1.47 bits per heavy atom. The Morgan fingerprint density at radius 3 is 2.80 bits per heavy atom. The van der Waals surface area contributed by atoms with E-state index in [0.29, 0.717) is 17.8 Å². The zero-order chi connectivity index (χ0) is 11.0. The molecule has 0 radical (unpaired) electrons. The predicted octanol–water partition coefficient (Wildman–Crippen LogP) is 1.83. The van der Waals surface area contributed by atoms with Gasteiger partial charge in [0.05, 0.1) is 0 Å². The Kier molecular flexibility index (Phi) is 3.01. The average molecular weight is 211 g/mol. The van der Waals surface area contributed by atoms with Crippen molar-refractivity contribution in [3.05, 3.63) is 0 Å². The van der Waals surface area contributed by atoms with Crippen LogP contribution in [0.15, 0.2) is 0 Å². The zero-order valence-corrected chi connectivity index (χ0v) is 9.65. The number of fused-ring (bicyclic) bond motifs is 1. The molecule has 0 aromatic rings. The van der Waals surface area contributed by atoms with Crippen molar-refractivity contribution in [2.45, 2.75) is 39.2 Å². The minimum Gasteiger partial charge on any atom is -0.480 e. The first-order valence-electron chi connectivity index (χ1n) is 6.06. The van der Waals surface area contributed by atoms with Crippen molar-refractivity contribution >= 4 is 5.97 Å². The standard InChI is InChI=1S/C12H21NO2/c1-8(2)6-13-7-9-4-3-5-10(9)11(13)12(14)15/h8-11H,3-7H2,1-2H3,(H,14,15). The van der Waals surface area contributed by atoms with Gasteiger partial charge >= 0.3 is 5.97 Å². The first kappa shape index (κ1) is 10.9. The van der Waals surface area contributed by atoms with Gasteiger partial charge < -0.3 is 5.11 Å². The number of hydrogen-bond donors (Lipinski definition) is 1. The maximum atomic E-state index is 11.3. The molecule has 0 aromatic heterocycles. The highest BCUT2D eigenvalue weighted by atomic mass is 16.4. The van der Waals surface area contributed by atoms with Crippen molar-refractivity contribution in [3.8, 4) is 0 Å². The molecule has 3 heteroatoms. The third-order valence-corrected chi connectivity index (χ3v) is 3.84. The number of carbonyl (C=O) groups is 1. The summed E-state index contributed by atoms with van der Waals surface area (Å²) in [6.07, 6.45) is 3.59. The lowest BCUT2D eigenvalue weighted by Gasteiger charge is -2.25. The second kappa shape index (κ2) is 4.12. The summed E-state index contributed by atoms with van der Waals surface area (Å²) in [7, 11) is 0. The van der Waals surface area contributed by atoms with Gasteiger partial charge in [0.15, 0.2) is 0 Å². The Balaban J connectivity index is 2.08. The van der Waals surface area contributed by atoms with E-state index < -0.39 is 5.97 Å². The molecule has 3 atom stereocenters. The van der Waals surface area contributed by atoms with Gasteiger partial charge in [-0.1, -0.05) is 20.3 Å². The summed E-state index contributed by atoms with van der Waals surface area (Å²) in [4.78, 5) is 13.5. The number of likely N-dealkylation sites (tertiary alicyclic amines) is 1. The van der Waals surface area contributed by atoms with Crippen molar-refractivity contribution in [2.24, 2.45) is 17.8 Å². The number of hydrogen-bond acceptors (Lipinski definition) is 2. The first-order chi connectivity index (χ1) is 7.09. The zero-order valence-electron chi connectivity index (χ0n) is 9.65. The molecule has 3 nitrogen and oxygen atoms in total. The SMILES string of the molecule is CC(C)CN1CC2CCCC2C1C(=O)O. The van der Waals surface area contributed by atoms with E-state index in [0.717, 1.165) is 19.5 Å². The highest BCUT2D eigenvalue weighted by Crippen LogP contribution is 2.42. The topological polar surface area (TPSA) is 40.5 Å². The molecule has 0 aromatic carbocycles. The van der Waals surface area contributed by atoms with Crippen LogP contribution in [0, 0.1) is 17.8 Å². The number of aliphatic carboxylic acids is 1. The fourth-order valence-corrected chi connectivity index (χ4v) is 3.39. The van der Waals surface area contributed by atoms with E-state index in [2.05, 4.69) is 18.7 Å². The molecule has 0 spiro atoms. The van der Waals surface area contributed by atoms with E-state index in [1.54, 1.807) is 0 Å². The monoisotopic (exact) mass is 211 g/mol. The second-order valence-electron chi connectivity index (χ2n) is 5.49. The minimum atomic E-state index is -0.606. The van der Waals surface area contributed by atoms with Crippen LogP contribution in [0.1, 0.15) is 33.1 Å². The summed E-state index contributed by atoms with van der Waals surface area (Å²) in [5.41, 5.74) is 0. The maximum Gasteiger partial charge on any atom is 0.321 e. The lowest BCUT2D eigenvalue weighted by atomic mass is 9.94. The molecule has 1 saturated heterocycles. The molecule has 1 heterocycles. The maximum absolute atomic E-state index is 11.3. The summed E-state index contributed by atoms with van der Waals surface area (Å²) in [5, 5.41) is 9.30. The summed E-state index contributed by atoms with van der Waals surface area (Å²) < 4.78 is 0. The lowest BCUT2D eigenvalue weighted by Crippen LogP contribution is -2.41. The normalized spacial score (nSPS) is 36.1. The van der Waals surface area contributed by atoms with Crippen LogP contribution >= 0.6 is 0 Å². The predicted molar refractivity (Wildman–Crippen MR) is 58.7 cm³/mol. The van der Waals surface area contributed by atoms with E-state index in [1.807, 2.05) is 0 Å². The van der Waals surface area contributed by atoms with Crippen molar-refractivity contribution in [3.63, 3.8) is 0 Å². The number of nitrogens with zero attached hydrogens (tertiary/aromatic N) is 1. The fraction of sp³-hybridized carbons (Fsp3) is 0.917. The van der Waals surface area contributed by atoms with Gasteiger partial charge in [-0.25, -0.2) is 0 Å². The third kappa shape index (κ3) is 2.03. The molecule has 1 saturated carbocycles. The van der Waals surface area contributed by atoms with Crippen LogP contribution in [0.4, 0.5) is 0 Å². The molecule has 0 bridgehead atoms. The summed E-state index contributed by atoms with van der Waals surface area (Å²) in [6.45, 7) is 6.27. The Bertz CT molecular complexity index is 252. The van der Waals surface area contributed by atoms with Gasteiger partial charge in [0.25, 0.3) is 0 Å². The summed E-state index contributed by atoms with van der Waals surface area (Å²) >= 11 is 0. The van der Waals surface area contributed by atoms with Crippen LogP contribution in [0.2, 0.25) is 0 Å². The molecule has 0 amide bonds. The van der Waals surface area contributed by atoms with Crippen LogP contribution in [-0.2, 0) is 4.79 Å². The Morgan fingerprint density at radius 2 is 2.20 bits per heavy atom. The van der Waals surface area contributed by atoms with E-state index in [-0.39, 0.29) is 6.04 Å². The van der Waals surface area contributed by atoms with E-state index in [1.165, 1.54) is 12.8 Å². The van der Waals surface area contributed by atoms with Crippen molar-refractivity contribution in [1.82, 2.24) is 4.90 Å². The molecule has 1 aliphatic carbocycles. The first-order valence-corrected chi connectivity index (χ1v) is 6.06. The van der Waals surface area contributed by atoms with E-state index in [4.69, 9.17) is 0 Å². The van der Waals surface area contributed by atoms with Crippen LogP contribution in [0.5, 0.6) is 0 Å². The Labute approximate surface area is 91.5 Å². The molecular formula is C12H21NO2. The smallest absolute Gasteiger partial charge is 0.321 e. The lowest BCUT2D eigenvalue weighted by molar-refractivity contribution is -0.143. The molecular weight excluding hydrogens is 190 g/mol. The molecule has 2 fully saturated rings. The molecule has 2 aliphatic rings. The quantitative estimate of drug-likeness (QED) is 0.774. The van der Waals surface area contributed by atoms with Crippen LogP contribution < -0.4 is 0 Å².